The number of carbonyl (C=O) groups excluding carboxylic acids is 1. The van der Waals surface area contributed by atoms with Crippen LogP contribution < -0.4 is 4.74 Å². The molecule has 0 atom stereocenters. The molecule has 1 fully saturated rings. The van der Waals surface area contributed by atoms with Crippen LogP contribution >= 0.6 is 11.3 Å². The van der Waals surface area contributed by atoms with Crippen molar-refractivity contribution in [2.45, 2.75) is 20.1 Å². The molecule has 1 amide bonds. The van der Waals surface area contributed by atoms with Crippen molar-refractivity contribution in [2.75, 3.05) is 26.2 Å². The summed E-state index contributed by atoms with van der Waals surface area (Å²) in [6.45, 7) is 5.66. The summed E-state index contributed by atoms with van der Waals surface area (Å²) in [6.07, 6.45) is 0. The van der Waals surface area contributed by atoms with Crippen LogP contribution in [0, 0.1) is 12.7 Å². The summed E-state index contributed by atoms with van der Waals surface area (Å²) in [5.74, 6) is 0.393. The number of aryl methyl sites for hydroxylation is 1. The Hall–Kier alpha value is -2.71. The molecule has 0 spiro atoms. The first-order valence-electron chi connectivity index (χ1n) is 9.47. The van der Waals surface area contributed by atoms with Crippen LogP contribution in [0.2, 0.25) is 0 Å². The van der Waals surface area contributed by atoms with Crippen LogP contribution in [0.4, 0.5) is 4.39 Å². The van der Waals surface area contributed by atoms with Gasteiger partial charge in [0, 0.05) is 43.7 Å². The SMILES string of the molecule is Cc1onc(C(=O)N2CCN(Cc3cccs3)CC2)c1COc1cccc(F)c1. The molecule has 8 heteroatoms. The number of hydrogen-bond donors (Lipinski definition) is 0. The molecule has 152 valence electrons. The van der Waals surface area contributed by atoms with E-state index in [0.717, 1.165) is 19.6 Å². The molecule has 6 nitrogen and oxygen atoms in total. The monoisotopic (exact) mass is 415 g/mol. The number of nitrogens with zero attached hydrogens (tertiary/aromatic N) is 3. The van der Waals surface area contributed by atoms with Crippen molar-refractivity contribution in [3.63, 3.8) is 0 Å². The quantitative estimate of drug-likeness (QED) is 0.614. The van der Waals surface area contributed by atoms with Crippen molar-refractivity contribution < 1.29 is 18.4 Å². The molecule has 0 bridgehead atoms. The predicted octanol–water partition coefficient (Wildman–Crippen LogP) is 3.72. The summed E-state index contributed by atoms with van der Waals surface area (Å²) >= 11 is 1.75. The maximum Gasteiger partial charge on any atom is 0.276 e. The smallest absolute Gasteiger partial charge is 0.276 e. The van der Waals surface area contributed by atoms with Crippen molar-refractivity contribution >= 4 is 17.2 Å². The highest BCUT2D eigenvalue weighted by molar-refractivity contribution is 7.09. The first-order valence-corrected chi connectivity index (χ1v) is 10.4. The minimum atomic E-state index is -0.374. The highest BCUT2D eigenvalue weighted by atomic mass is 32.1. The van der Waals surface area contributed by atoms with Gasteiger partial charge in [-0.1, -0.05) is 17.3 Å². The topological polar surface area (TPSA) is 58.8 Å². The Balaban J connectivity index is 1.38. The van der Waals surface area contributed by atoms with Gasteiger partial charge in [-0.3, -0.25) is 9.69 Å². The second-order valence-electron chi connectivity index (χ2n) is 6.96. The summed E-state index contributed by atoms with van der Waals surface area (Å²) in [5, 5.41) is 6.05. The fraction of sp³-hybridized carbons (Fsp3) is 0.333. The Morgan fingerprint density at radius 3 is 2.79 bits per heavy atom. The average Bonchev–Trinajstić information content (AvgIpc) is 3.36. The standard InChI is InChI=1S/C21H22FN3O3S/c1-15-19(14-27-17-5-2-4-16(22)12-17)20(23-28-15)21(26)25-9-7-24(8-10-25)13-18-6-3-11-29-18/h2-6,11-12H,7-10,13-14H2,1H3. The summed E-state index contributed by atoms with van der Waals surface area (Å²) in [7, 11) is 0. The van der Waals surface area contributed by atoms with E-state index in [-0.39, 0.29) is 24.0 Å². The van der Waals surface area contributed by atoms with E-state index in [1.54, 1.807) is 35.3 Å². The number of ether oxygens (including phenoxy) is 1. The van der Waals surface area contributed by atoms with Crippen LogP contribution in [0.25, 0.3) is 0 Å². The zero-order valence-corrected chi connectivity index (χ0v) is 17.0. The molecule has 29 heavy (non-hydrogen) atoms. The maximum absolute atomic E-state index is 13.3. The van der Waals surface area contributed by atoms with Gasteiger partial charge in [-0.05, 0) is 30.5 Å². The third-order valence-corrected chi connectivity index (χ3v) is 5.85. The lowest BCUT2D eigenvalue weighted by atomic mass is 10.1. The fourth-order valence-electron chi connectivity index (χ4n) is 3.32. The lowest BCUT2D eigenvalue weighted by Crippen LogP contribution is -2.48. The molecule has 4 rings (SSSR count). The molecule has 1 saturated heterocycles. The number of thiophene rings is 1. The summed E-state index contributed by atoms with van der Waals surface area (Å²) in [5.41, 5.74) is 0.867. The number of carbonyl (C=O) groups is 1. The average molecular weight is 415 g/mol. The number of halogens is 1. The molecule has 3 heterocycles. The van der Waals surface area contributed by atoms with E-state index in [1.807, 2.05) is 0 Å². The van der Waals surface area contributed by atoms with Gasteiger partial charge < -0.3 is 14.2 Å². The molecular formula is C21H22FN3O3S. The van der Waals surface area contributed by atoms with Crippen molar-refractivity contribution in [3.05, 3.63) is 69.5 Å². The molecule has 0 radical (unpaired) electrons. The van der Waals surface area contributed by atoms with Crippen LogP contribution in [0.1, 0.15) is 26.7 Å². The third-order valence-electron chi connectivity index (χ3n) is 4.99. The number of piperazine rings is 1. The van der Waals surface area contributed by atoms with E-state index in [2.05, 4.69) is 27.6 Å². The molecule has 2 aromatic heterocycles. The second kappa shape index (κ2) is 8.75. The van der Waals surface area contributed by atoms with Crippen LogP contribution in [0.15, 0.2) is 46.3 Å². The Labute approximate surface area is 172 Å². The molecule has 0 saturated carbocycles. The zero-order valence-electron chi connectivity index (χ0n) is 16.1. The lowest BCUT2D eigenvalue weighted by molar-refractivity contribution is 0.0617. The Bertz CT molecular complexity index is 965. The van der Waals surface area contributed by atoms with Gasteiger partial charge in [0.05, 0.1) is 5.56 Å². The second-order valence-corrected chi connectivity index (χ2v) is 7.99. The van der Waals surface area contributed by atoms with Crippen LogP contribution in [0.5, 0.6) is 5.75 Å². The third kappa shape index (κ3) is 4.65. The number of benzene rings is 1. The highest BCUT2D eigenvalue weighted by Gasteiger charge is 2.28. The molecule has 0 N–H and O–H groups in total. The largest absolute Gasteiger partial charge is 0.489 e. The van der Waals surface area contributed by atoms with Crippen LogP contribution in [-0.2, 0) is 13.2 Å². The van der Waals surface area contributed by atoms with E-state index in [9.17, 15) is 9.18 Å². The van der Waals surface area contributed by atoms with Gasteiger partial charge in [0.2, 0.25) is 0 Å². The molecule has 1 aliphatic rings. The molecular weight excluding hydrogens is 393 g/mol. The number of amides is 1. The molecule has 1 aromatic carbocycles. The van der Waals surface area contributed by atoms with Crippen LogP contribution in [-0.4, -0.2) is 47.0 Å². The highest BCUT2D eigenvalue weighted by Crippen LogP contribution is 2.21. The van der Waals surface area contributed by atoms with E-state index < -0.39 is 0 Å². The van der Waals surface area contributed by atoms with Gasteiger partial charge in [-0.15, -0.1) is 11.3 Å². The Morgan fingerprint density at radius 1 is 1.24 bits per heavy atom. The minimum Gasteiger partial charge on any atom is -0.489 e. The molecule has 3 aromatic rings. The summed E-state index contributed by atoms with van der Waals surface area (Å²) in [6, 6.07) is 10.1. The van der Waals surface area contributed by atoms with Gasteiger partial charge in [-0.25, -0.2) is 4.39 Å². The molecule has 0 unspecified atom stereocenters. The van der Waals surface area contributed by atoms with Gasteiger partial charge in [0.25, 0.3) is 5.91 Å². The molecule has 0 aliphatic carbocycles. The van der Waals surface area contributed by atoms with Crippen molar-refractivity contribution in [1.82, 2.24) is 15.0 Å². The fourth-order valence-corrected chi connectivity index (χ4v) is 4.07. The van der Waals surface area contributed by atoms with Gasteiger partial charge in [-0.2, -0.15) is 0 Å². The first kappa shape index (κ1) is 19.6. The van der Waals surface area contributed by atoms with Crippen molar-refractivity contribution in [3.8, 4) is 5.75 Å². The summed E-state index contributed by atoms with van der Waals surface area (Å²) < 4.78 is 24.2. The van der Waals surface area contributed by atoms with E-state index in [1.165, 1.54) is 17.0 Å². The van der Waals surface area contributed by atoms with Gasteiger partial charge in [0.1, 0.15) is 23.9 Å². The van der Waals surface area contributed by atoms with E-state index >= 15 is 0 Å². The number of hydrogen-bond acceptors (Lipinski definition) is 6. The van der Waals surface area contributed by atoms with E-state index in [4.69, 9.17) is 9.26 Å². The predicted molar refractivity (Wildman–Crippen MR) is 107 cm³/mol. The van der Waals surface area contributed by atoms with Crippen molar-refractivity contribution in [2.24, 2.45) is 0 Å². The van der Waals surface area contributed by atoms with Gasteiger partial charge in [0.15, 0.2) is 5.69 Å². The maximum atomic E-state index is 13.3. The zero-order chi connectivity index (χ0) is 20.2. The van der Waals surface area contributed by atoms with E-state index in [0.29, 0.717) is 30.2 Å². The number of aromatic nitrogens is 1. The first-order chi connectivity index (χ1) is 14.1. The number of rotatable bonds is 6. The Morgan fingerprint density at radius 2 is 2.07 bits per heavy atom. The normalized spacial score (nSPS) is 14.9. The van der Waals surface area contributed by atoms with Gasteiger partial charge >= 0.3 is 0 Å². The molecule has 1 aliphatic heterocycles. The summed E-state index contributed by atoms with van der Waals surface area (Å²) in [4.78, 5) is 18.5. The lowest BCUT2D eigenvalue weighted by Gasteiger charge is -2.34. The Kier molecular flexibility index (Phi) is 5.92. The minimum absolute atomic E-state index is 0.0954. The van der Waals surface area contributed by atoms with Crippen molar-refractivity contribution in [1.29, 1.82) is 0 Å². The van der Waals surface area contributed by atoms with Crippen LogP contribution in [0.3, 0.4) is 0 Å².